The number of hydrogen-bond acceptors (Lipinski definition) is 7. The van der Waals surface area contributed by atoms with Gasteiger partial charge in [-0.25, -0.2) is 0 Å². The van der Waals surface area contributed by atoms with Gasteiger partial charge in [0, 0.05) is 31.0 Å². The number of carbonyl (C=O) groups is 3. The van der Waals surface area contributed by atoms with Crippen molar-refractivity contribution in [1.82, 2.24) is 20.5 Å². The molecule has 0 bridgehead atoms. The number of anilines is 1. The first-order valence-electron chi connectivity index (χ1n) is 10.8. The lowest BCUT2D eigenvalue weighted by Crippen LogP contribution is -2.52. The Hall–Kier alpha value is -3.20. The van der Waals surface area contributed by atoms with Crippen LogP contribution in [0.1, 0.15) is 58.8 Å². The van der Waals surface area contributed by atoms with E-state index in [1.165, 1.54) is 0 Å². The molecule has 31 heavy (non-hydrogen) atoms. The third-order valence-electron chi connectivity index (χ3n) is 6.35. The van der Waals surface area contributed by atoms with E-state index in [0.717, 1.165) is 42.8 Å². The van der Waals surface area contributed by atoms with E-state index in [4.69, 9.17) is 4.42 Å². The summed E-state index contributed by atoms with van der Waals surface area (Å²) in [6, 6.07) is 5.54. The van der Waals surface area contributed by atoms with Crippen molar-refractivity contribution >= 4 is 23.7 Å². The summed E-state index contributed by atoms with van der Waals surface area (Å²) in [6.07, 6.45) is 4.40. The van der Waals surface area contributed by atoms with E-state index >= 15 is 0 Å². The molecule has 0 radical (unpaired) electrons. The predicted octanol–water partition coefficient (Wildman–Crippen LogP) is 1.51. The average molecular weight is 423 g/mol. The van der Waals surface area contributed by atoms with Crippen LogP contribution in [-0.4, -0.2) is 46.7 Å². The van der Waals surface area contributed by atoms with Crippen LogP contribution in [0.25, 0.3) is 0 Å². The fourth-order valence-electron chi connectivity index (χ4n) is 4.68. The van der Waals surface area contributed by atoms with E-state index in [-0.39, 0.29) is 18.2 Å². The maximum atomic E-state index is 13.2. The zero-order valence-corrected chi connectivity index (χ0v) is 17.1. The number of oxazole rings is 1. The zero-order valence-electron chi connectivity index (χ0n) is 17.1. The van der Waals surface area contributed by atoms with Gasteiger partial charge in [0.25, 0.3) is 11.9 Å². The highest BCUT2D eigenvalue weighted by molar-refractivity contribution is 6.06. The van der Waals surface area contributed by atoms with E-state index in [1.807, 2.05) is 18.2 Å². The van der Waals surface area contributed by atoms with E-state index in [9.17, 15) is 14.4 Å². The van der Waals surface area contributed by atoms with Gasteiger partial charge in [-0.05, 0) is 43.5 Å². The van der Waals surface area contributed by atoms with Gasteiger partial charge < -0.3 is 20.0 Å². The van der Waals surface area contributed by atoms with Crippen LogP contribution in [0, 0.1) is 0 Å². The van der Waals surface area contributed by atoms with Gasteiger partial charge in [0.15, 0.2) is 0 Å². The highest BCUT2D eigenvalue weighted by atomic mass is 16.4. The Kier molecular flexibility index (Phi) is 5.19. The highest BCUT2D eigenvalue weighted by Gasteiger charge is 2.39. The van der Waals surface area contributed by atoms with Gasteiger partial charge in [-0.1, -0.05) is 18.2 Å². The Morgan fingerprint density at radius 1 is 1.16 bits per heavy atom. The summed E-state index contributed by atoms with van der Waals surface area (Å²) in [7, 11) is 0. The third kappa shape index (κ3) is 3.81. The Bertz CT molecular complexity index is 1030. The molecule has 1 aromatic carbocycles. The van der Waals surface area contributed by atoms with Crippen LogP contribution in [0.2, 0.25) is 0 Å². The number of amides is 3. The van der Waals surface area contributed by atoms with Gasteiger partial charge in [0.2, 0.25) is 11.8 Å². The first-order valence-corrected chi connectivity index (χ1v) is 10.8. The first-order chi connectivity index (χ1) is 15.1. The Labute approximate surface area is 179 Å². The second-order valence-electron chi connectivity index (χ2n) is 8.31. The number of hydrogen-bond donors (Lipinski definition) is 3. The second-order valence-corrected chi connectivity index (χ2v) is 8.31. The lowest BCUT2D eigenvalue weighted by Gasteiger charge is -2.29. The van der Waals surface area contributed by atoms with Crippen LogP contribution in [0.3, 0.4) is 0 Å². The molecular weight excluding hydrogens is 398 g/mol. The molecule has 3 amide bonds. The summed E-state index contributed by atoms with van der Waals surface area (Å²) in [5.74, 6) is -0.456. The van der Waals surface area contributed by atoms with Crippen LogP contribution in [-0.2, 0) is 22.7 Å². The molecule has 3 aliphatic rings. The van der Waals surface area contributed by atoms with Crippen LogP contribution < -0.4 is 16.0 Å². The van der Waals surface area contributed by atoms with Crippen LogP contribution in [0.15, 0.2) is 28.9 Å². The van der Waals surface area contributed by atoms with Crippen molar-refractivity contribution in [2.24, 2.45) is 0 Å². The molecule has 5 rings (SSSR count). The fourth-order valence-corrected chi connectivity index (χ4v) is 4.68. The molecule has 1 atom stereocenters. The lowest BCUT2D eigenvalue weighted by atomic mass is 9.95. The monoisotopic (exact) mass is 423 g/mol. The van der Waals surface area contributed by atoms with Crippen molar-refractivity contribution in [1.29, 1.82) is 0 Å². The van der Waals surface area contributed by atoms with Gasteiger partial charge in [0.1, 0.15) is 12.3 Å². The number of imide groups is 1. The van der Waals surface area contributed by atoms with Crippen LogP contribution in [0.4, 0.5) is 6.01 Å². The van der Waals surface area contributed by atoms with Crippen molar-refractivity contribution < 1.29 is 18.8 Å². The Morgan fingerprint density at radius 3 is 2.81 bits per heavy atom. The largest absolute Gasteiger partial charge is 0.432 e. The molecular formula is C22H25N5O4. The van der Waals surface area contributed by atoms with Gasteiger partial charge >= 0.3 is 0 Å². The molecule has 2 fully saturated rings. The second kappa shape index (κ2) is 8.14. The number of nitrogens with one attached hydrogen (secondary N) is 3. The number of aromatic nitrogens is 1. The van der Waals surface area contributed by atoms with Crippen molar-refractivity contribution in [3.63, 3.8) is 0 Å². The van der Waals surface area contributed by atoms with E-state index < -0.39 is 11.9 Å². The molecule has 2 saturated heterocycles. The maximum Gasteiger partial charge on any atom is 0.295 e. The Morgan fingerprint density at radius 2 is 2.00 bits per heavy atom. The van der Waals surface area contributed by atoms with Crippen LogP contribution in [0.5, 0.6) is 0 Å². The molecule has 162 valence electrons. The summed E-state index contributed by atoms with van der Waals surface area (Å²) in [5.41, 5.74) is 3.29. The summed E-state index contributed by atoms with van der Waals surface area (Å²) in [5, 5.41) is 8.87. The molecule has 9 nitrogen and oxygen atoms in total. The normalized spacial score (nSPS) is 21.9. The van der Waals surface area contributed by atoms with Gasteiger partial charge in [-0.3, -0.25) is 19.7 Å². The van der Waals surface area contributed by atoms with E-state index in [1.54, 1.807) is 11.2 Å². The smallest absolute Gasteiger partial charge is 0.295 e. The highest BCUT2D eigenvalue weighted by Crippen LogP contribution is 2.30. The third-order valence-corrected chi connectivity index (χ3v) is 6.35. The van der Waals surface area contributed by atoms with Gasteiger partial charge in [-0.15, -0.1) is 0 Å². The Balaban J connectivity index is 1.28. The summed E-state index contributed by atoms with van der Waals surface area (Å²) < 4.78 is 5.60. The minimum atomic E-state index is -0.613. The molecule has 0 aliphatic carbocycles. The first kappa shape index (κ1) is 19.7. The van der Waals surface area contributed by atoms with Crippen molar-refractivity contribution in [2.75, 3.05) is 18.4 Å². The van der Waals surface area contributed by atoms with Crippen molar-refractivity contribution in [2.45, 2.75) is 50.7 Å². The standard InChI is InChI=1S/C22H25N5O4/c28-18-5-4-17(20(29)26-18)27-11-15-3-1-2-14(19(15)21(27)30)10-24-22-25-16(12-31-22)13-6-8-23-9-7-13/h1-3,12-13,17,23H,4-11H2,(H,24,25)(H,26,28,29). The number of fused-ring (bicyclic) bond motifs is 1. The zero-order chi connectivity index (χ0) is 21.4. The molecule has 0 spiro atoms. The summed E-state index contributed by atoms with van der Waals surface area (Å²) in [4.78, 5) is 43.0. The molecule has 3 N–H and O–H groups in total. The number of piperidine rings is 2. The molecule has 9 heteroatoms. The topological polar surface area (TPSA) is 117 Å². The van der Waals surface area contributed by atoms with Crippen molar-refractivity contribution in [3.8, 4) is 0 Å². The van der Waals surface area contributed by atoms with E-state index in [2.05, 4.69) is 20.9 Å². The molecule has 4 heterocycles. The van der Waals surface area contributed by atoms with E-state index in [0.29, 0.717) is 37.0 Å². The molecule has 1 unspecified atom stereocenters. The number of benzene rings is 1. The van der Waals surface area contributed by atoms with Crippen molar-refractivity contribution in [3.05, 3.63) is 46.8 Å². The minimum Gasteiger partial charge on any atom is -0.432 e. The van der Waals surface area contributed by atoms with Gasteiger partial charge in [0.05, 0.1) is 5.69 Å². The number of nitrogens with zero attached hydrogens (tertiary/aromatic N) is 2. The van der Waals surface area contributed by atoms with Gasteiger partial charge in [-0.2, -0.15) is 4.98 Å². The van der Waals surface area contributed by atoms with Crippen LogP contribution >= 0.6 is 0 Å². The SMILES string of the molecule is O=C1CCC(N2Cc3cccc(CNc4nc(C5CCNCC5)co4)c3C2=O)C(=O)N1. The molecule has 0 saturated carbocycles. The molecule has 2 aromatic rings. The molecule has 1 aromatic heterocycles. The minimum absolute atomic E-state index is 0.176. The number of carbonyl (C=O) groups excluding carboxylic acids is 3. The predicted molar refractivity (Wildman–Crippen MR) is 111 cm³/mol. The maximum absolute atomic E-state index is 13.2. The molecule has 3 aliphatic heterocycles. The fraction of sp³-hybridized carbons (Fsp3) is 0.455. The lowest BCUT2D eigenvalue weighted by molar-refractivity contribution is -0.136. The quantitative estimate of drug-likeness (QED) is 0.624. The number of rotatable bonds is 5. The summed E-state index contributed by atoms with van der Waals surface area (Å²) >= 11 is 0. The summed E-state index contributed by atoms with van der Waals surface area (Å²) in [6.45, 7) is 2.74. The average Bonchev–Trinajstić information content (AvgIpc) is 3.38.